The summed E-state index contributed by atoms with van der Waals surface area (Å²) in [5, 5.41) is 6.09. The van der Waals surface area contributed by atoms with Crippen LogP contribution in [0.2, 0.25) is 0 Å². The number of carbonyl (C=O) groups excluding carboxylic acids is 2. The summed E-state index contributed by atoms with van der Waals surface area (Å²) in [6, 6.07) is 5.39. The fourth-order valence-electron chi connectivity index (χ4n) is 6.37. The smallest absolute Gasteiger partial charge is 0.406 e. The molecule has 2 amide bonds. The number of aromatic nitrogens is 2. The molecule has 0 spiro atoms. The van der Waals surface area contributed by atoms with Gasteiger partial charge in [-0.05, 0) is 58.0 Å². The van der Waals surface area contributed by atoms with E-state index in [0.717, 1.165) is 36.5 Å². The zero-order valence-corrected chi connectivity index (χ0v) is 27.6. The molecule has 48 heavy (non-hydrogen) atoms. The van der Waals surface area contributed by atoms with Crippen LogP contribution in [0.25, 0.3) is 11.0 Å². The van der Waals surface area contributed by atoms with Crippen LogP contribution in [0.3, 0.4) is 0 Å². The topological polar surface area (TPSA) is 101 Å². The zero-order chi connectivity index (χ0) is 34.7. The number of ether oxygens (including phenoxy) is 2. The monoisotopic (exact) mass is 672 g/mol. The molecule has 2 unspecified atom stereocenters. The van der Waals surface area contributed by atoms with Crippen LogP contribution in [0.4, 0.5) is 23.2 Å². The number of imidazole rings is 1. The van der Waals surface area contributed by atoms with Gasteiger partial charge in [-0.2, -0.15) is 13.2 Å². The van der Waals surface area contributed by atoms with Gasteiger partial charge in [-0.15, -0.1) is 0 Å². The molecule has 2 aromatic carbocycles. The fraction of sp³-hybridized carbons (Fsp3) is 0.500. The quantitative estimate of drug-likeness (QED) is 0.281. The molecule has 3 aromatic rings. The molecular weight excluding hydrogens is 632 g/mol. The average molecular weight is 673 g/mol. The Labute approximate surface area is 276 Å². The molecule has 0 radical (unpaired) electrons. The van der Waals surface area contributed by atoms with Crippen molar-refractivity contribution in [2.45, 2.75) is 58.2 Å². The molecule has 2 fully saturated rings. The summed E-state index contributed by atoms with van der Waals surface area (Å²) in [6.45, 7) is 6.74. The lowest BCUT2D eigenvalue weighted by Gasteiger charge is -2.35. The molecular formula is C34H40F4N6O4. The minimum absolute atomic E-state index is 0.00965. The number of amides is 2. The molecule has 2 saturated heterocycles. The summed E-state index contributed by atoms with van der Waals surface area (Å²) in [5.74, 6) is 4.54. The highest BCUT2D eigenvalue weighted by molar-refractivity contribution is 6.05. The van der Waals surface area contributed by atoms with Crippen LogP contribution in [0.1, 0.15) is 53.5 Å². The first-order valence-corrected chi connectivity index (χ1v) is 15.8. The molecule has 3 heterocycles. The van der Waals surface area contributed by atoms with Crippen LogP contribution in [-0.2, 0) is 11.3 Å². The molecule has 14 heteroatoms. The second-order valence-corrected chi connectivity index (χ2v) is 12.6. The SMILES string of the molecule is COc1cc(F)c(C(=O)N2CC(C)OC(C)C2)cc1NCC#Cc1cc(C(=O)N[C@H]2CCN(C)C[C@@H]2C)c2ncn(CC(F)(F)F)c2c1. The van der Waals surface area contributed by atoms with Gasteiger partial charge in [-0.3, -0.25) is 9.59 Å². The minimum Gasteiger partial charge on any atom is -0.494 e. The molecule has 0 bridgehead atoms. The van der Waals surface area contributed by atoms with Crippen molar-refractivity contribution in [1.82, 2.24) is 24.7 Å². The van der Waals surface area contributed by atoms with E-state index >= 15 is 4.39 Å². The van der Waals surface area contributed by atoms with Crippen molar-refractivity contribution < 1.29 is 36.6 Å². The number of halogens is 4. The molecule has 0 aliphatic carbocycles. The summed E-state index contributed by atoms with van der Waals surface area (Å²) in [4.78, 5) is 34.7. The van der Waals surface area contributed by atoms with E-state index in [1.807, 2.05) is 27.8 Å². The molecule has 2 aliphatic heterocycles. The van der Waals surface area contributed by atoms with E-state index in [9.17, 15) is 22.8 Å². The lowest BCUT2D eigenvalue weighted by molar-refractivity contribution is -0.140. The summed E-state index contributed by atoms with van der Waals surface area (Å²) < 4.78 is 67.1. The Balaban J connectivity index is 1.39. The first-order chi connectivity index (χ1) is 22.7. The fourth-order valence-corrected chi connectivity index (χ4v) is 6.37. The molecule has 1 aromatic heterocycles. The number of carbonyl (C=O) groups is 2. The number of rotatable bonds is 7. The third-order valence-corrected chi connectivity index (χ3v) is 8.57. The molecule has 10 nitrogen and oxygen atoms in total. The lowest BCUT2D eigenvalue weighted by atomic mass is 9.93. The number of nitrogens with zero attached hydrogens (tertiary/aromatic N) is 4. The maximum Gasteiger partial charge on any atom is 0.406 e. The Bertz CT molecular complexity index is 1720. The number of nitrogens with one attached hydrogen (secondary N) is 2. The van der Waals surface area contributed by atoms with E-state index in [4.69, 9.17) is 9.47 Å². The highest BCUT2D eigenvalue weighted by Crippen LogP contribution is 2.30. The second-order valence-electron chi connectivity index (χ2n) is 12.6. The first kappa shape index (κ1) is 35.0. The van der Waals surface area contributed by atoms with Gasteiger partial charge in [0.05, 0.1) is 54.5 Å². The van der Waals surface area contributed by atoms with E-state index in [1.165, 1.54) is 25.3 Å². The second kappa shape index (κ2) is 14.4. The van der Waals surface area contributed by atoms with Crippen LogP contribution in [0.15, 0.2) is 30.6 Å². The number of likely N-dealkylation sites (tertiary alicyclic amines) is 1. The Hall–Kier alpha value is -4.35. The van der Waals surface area contributed by atoms with E-state index in [1.54, 1.807) is 4.90 Å². The number of benzene rings is 2. The van der Waals surface area contributed by atoms with Crippen LogP contribution in [0, 0.1) is 23.6 Å². The zero-order valence-electron chi connectivity index (χ0n) is 27.6. The summed E-state index contributed by atoms with van der Waals surface area (Å²) in [6.07, 6.45) is -3.07. The average Bonchev–Trinajstić information content (AvgIpc) is 3.40. The van der Waals surface area contributed by atoms with Gasteiger partial charge >= 0.3 is 6.18 Å². The van der Waals surface area contributed by atoms with Crippen molar-refractivity contribution >= 4 is 28.5 Å². The number of fused-ring (bicyclic) bond motifs is 1. The Morgan fingerprint density at radius 1 is 1.08 bits per heavy atom. The number of morpholine rings is 1. The van der Waals surface area contributed by atoms with Crippen LogP contribution in [0.5, 0.6) is 5.75 Å². The third kappa shape index (κ3) is 8.19. The highest BCUT2D eigenvalue weighted by atomic mass is 19.4. The Morgan fingerprint density at radius 2 is 1.81 bits per heavy atom. The predicted molar refractivity (Wildman–Crippen MR) is 173 cm³/mol. The molecule has 2 N–H and O–H groups in total. The summed E-state index contributed by atoms with van der Waals surface area (Å²) >= 11 is 0. The minimum atomic E-state index is -4.50. The number of alkyl halides is 3. The van der Waals surface area contributed by atoms with Crippen molar-refractivity contribution in [3.63, 3.8) is 0 Å². The normalized spacial score (nSPS) is 21.8. The standard InChI is InChI=1S/C34H40F4N6O4/c1-20-15-42(4)10-8-27(20)41-32(45)25-11-23(12-29-31(25)40-19-44(29)18-34(36,37)38)7-6-9-39-28-13-24(26(35)14-30(28)47-5)33(46)43-16-21(2)48-22(3)17-43/h11-14,19-22,27,39H,8-10,15-18H2,1-5H3,(H,41,45)/t20-,21?,22?,27-/m0/s1. The van der Waals surface area contributed by atoms with Gasteiger partial charge in [0.1, 0.15) is 23.6 Å². The van der Waals surface area contributed by atoms with E-state index < -0.39 is 30.4 Å². The number of hydrogen-bond acceptors (Lipinski definition) is 7. The lowest BCUT2D eigenvalue weighted by Crippen LogP contribution is -2.48. The summed E-state index contributed by atoms with van der Waals surface area (Å²) in [7, 11) is 3.38. The third-order valence-electron chi connectivity index (χ3n) is 8.57. The van der Waals surface area contributed by atoms with Gasteiger partial charge in [0.15, 0.2) is 0 Å². The number of methoxy groups -OCH3 is 1. The van der Waals surface area contributed by atoms with Gasteiger partial charge in [0, 0.05) is 37.3 Å². The van der Waals surface area contributed by atoms with E-state index in [2.05, 4.69) is 32.4 Å². The van der Waals surface area contributed by atoms with Crippen molar-refractivity contribution in [3.05, 3.63) is 53.1 Å². The number of anilines is 1. The van der Waals surface area contributed by atoms with E-state index in [-0.39, 0.29) is 58.6 Å². The van der Waals surface area contributed by atoms with Gasteiger partial charge < -0.3 is 34.5 Å². The maximum atomic E-state index is 15.0. The van der Waals surface area contributed by atoms with Crippen LogP contribution < -0.4 is 15.4 Å². The predicted octanol–water partition coefficient (Wildman–Crippen LogP) is 4.53. The Kier molecular flexibility index (Phi) is 10.5. The molecule has 4 atom stereocenters. The number of hydrogen-bond donors (Lipinski definition) is 2. The largest absolute Gasteiger partial charge is 0.494 e. The molecule has 5 rings (SSSR count). The molecule has 0 saturated carbocycles. The molecule has 258 valence electrons. The van der Waals surface area contributed by atoms with Gasteiger partial charge in [0.25, 0.3) is 11.8 Å². The van der Waals surface area contributed by atoms with Gasteiger partial charge in [0.2, 0.25) is 0 Å². The van der Waals surface area contributed by atoms with Crippen molar-refractivity contribution in [1.29, 1.82) is 0 Å². The Morgan fingerprint density at radius 3 is 2.48 bits per heavy atom. The maximum absolute atomic E-state index is 15.0. The van der Waals surface area contributed by atoms with Crippen molar-refractivity contribution in [3.8, 4) is 17.6 Å². The number of piperidine rings is 1. The van der Waals surface area contributed by atoms with Crippen molar-refractivity contribution in [2.24, 2.45) is 5.92 Å². The van der Waals surface area contributed by atoms with Gasteiger partial charge in [-0.25, -0.2) is 9.37 Å². The van der Waals surface area contributed by atoms with E-state index in [0.29, 0.717) is 24.3 Å². The first-order valence-electron chi connectivity index (χ1n) is 15.8. The van der Waals surface area contributed by atoms with Crippen LogP contribution in [-0.4, -0.2) is 102 Å². The molecule has 2 aliphatic rings. The van der Waals surface area contributed by atoms with Gasteiger partial charge in [-0.1, -0.05) is 18.8 Å². The summed E-state index contributed by atoms with van der Waals surface area (Å²) in [5.41, 5.74) is 0.920. The highest BCUT2D eigenvalue weighted by Gasteiger charge is 2.31. The van der Waals surface area contributed by atoms with Crippen LogP contribution >= 0.6 is 0 Å². The van der Waals surface area contributed by atoms with Crippen molar-refractivity contribution in [2.75, 3.05) is 52.2 Å².